The highest BCUT2D eigenvalue weighted by molar-refractivity contribution is 7.11. The minimum Gasteiger partial charge on any atom is -0.496 e. The lowest BCUT2D eigenvalue weighted by Crippen LogP contribution is -2.38. The van der Waals surface area contributed by atoms with Gasteiger partial charge in [0, 0.05) is 11.1 Å². The second kappa shape index (κ2) is 7.21. The number of thiazole rings is 1. The van der Waals surface area contributed by atoms with Crippen molar-refractivity contribution in [2.45, 2.75) is 45.2 Å². The topological polar surface area (TPSA) is 63.2 Å². The van der Waals surface area contributed by atoms with E-state index in [-0.39, 0.29) is 18.1 Å². The first kappa shape index (κ1) is 16.8. The van der Waals surface area contributed by atoms with Crippen LogP contribution >= 0.6 is 11.3 Å². The molecule has 5 nitrogen and oxygen atoms in total. The Balaban J connectivity index is 1.62. The number of nitrogens with zero attached hydrogens (tertiary/aromatic N) is 1. The van der Waals surface area contributed by atoms with Crippen molar-refractivity contribution in [3.8, 4) is 5.75 Å². The summed E-state index contributed by atoms with van der Waals surface area (Å²) in [6.45, 7) is 4.07. The number of aryl methyl sites for hydroxylation is 1. The van der Waals surface area contributed by atoms with Gasteiger partial charge in [-0.15, -0.1) is 11.3 Å². The van der Waals surface area contributed by atoms with Gasteiger partial charge in [0.2, 0.25) is 0 Å². The highest BCUT2D eigenvalue weighted by Gasteiger charge is 2.26. The summed E-state index contributed by atoms with van der Waals surface area (Å²) in [6.07, 6.45) is 4.67. The molecule has 0 aliphatic heterocycles. The summed E-state index contributed by atoms with van der Waals surface area (Å²) in [4.78, 5) is 18.0. The molecule has 0 fully saturated rings. The molecule has 0 spiro atoms. The number of fused-ring (bicyclic) bond motifs is 1. The molecule has 1 aromatic heterocycles. The van der Waals surface area contributed by atoms with Gasteiger partial charge in [-0.05, 0) is 43.4 Å². The van der Waals surface area contributed by atoms with Gasteiger partial charge in [-0.3, -0.25) is 0 Å². The van der Waals surface area contributed by atoms with Crippen molar-refractivity contribution in [2.75, 3.05) is 7.11 Å². The zero-order valence-electron chi connectivity index (χ0n) is 14.3. The van der Waals surface area contributed by atoms with Crippen LogP contribution in [0.1, 0.15) is 53.4 Å². The minimum absolute atomic E-state index is 0.0322. The molecule has 3 rings (SSSR count). The lowest BCUT2D eigenvalue weighted by Gasteiger charge is -2.17. The van der Waals surface area contributed by atoms with Crippen molar-refractivity contribution in [3.63, 3.8) is 0 Å². The molecule has 2 N–H and O–H groups in total. The molecular formula is C18H23N3O2S. The predicted molar refractivity (Wildman–Crippen MR) is 95.6 cm³/mol. The minimum atomic E-state index is -0.156. The third-order valence-corrected chi connectivity index (χ3v) is 5.72. The van der Waals surface area contributed by atoms with Crippen molar-refractivity contribution in [1.29, 1.82) is 0 Å². The summed E-state index contributed by atoms with van der Waals surface area (Å²) in [6, 6.07) is 5.78. The lowest BCUT2D eigenvalue weighted by atomic mass is 10.1. The summed E-state index contributed by atoms with van der Waals surface area (Å²) in [7, 11) is 1.68. The fourth-order valence-corrected chi connectivity index (χ4v) is 3.97. The maximum atomic E-state index is 12.3. The monoisotopic (exact) mass is 345 g/mol. The van der Waals surface area contributed by atoms with Crippen molar-refractivity contribution >= 4 is 17.4 Å². The van der Waals surface area contributed by atoms with E-state index >= 15 is 0 Å². The number of rotatable bonds is 5. The second-order valence-electron chi connectivity index (χ2n) is 5.98. The number of ether oxygens (including phenoxy) is 1. The Morgan fingerprint density at radius 3 is 3.04 bits per heavy atom. The van der Waals surface area contributed by atoms with Crippen molar-refractivity contribution < 1.29 is 9.53 Å². The zero-order valence-corrected chi connectivity index (χ0v) is 15.1. The molecule has 6 heteroatoms. The molecule has 2 amide bonds. The molecule has 1 aliphatic rings. The Morgan fingerprint density at radius 1 is 1.50 bits per heavy atom. The van der Waals surface area contributed by atoms with Gasteiger partial charge in [0.25, 0.3) is 0 Å². The van der Waals surface area contributed by atoms with E-state index in [1.165, 1.54) is 10.4 Å². The number of methoxy groups -OCH3 is 1. The van der Waals surface area contributed by atoms with E-state index in [1.807, 2.05) is 25.3 Å². The smallest absolute Gasteiger partial charge is 0.315 e. The fourth-order valence-electron chi connectivity index (χ4n) is 3.11. The summed E-state index contributed by atoms with van der Waals surface area (Å²) in [5, 5.41) is 7.01. The average Bonchev–Trinajstić information content (AvgIpc) is 3.22. The van der Waals surface area contributed by atoms with Crippen LogP contribution in [0, 0.1) is 0 Å². The van der Waals surface area contributed by atoms with Gasteiger partial charge in [-0.2, -0.15) is 0 Å². The Kier molecular flexibility index (Phi) is 5.04. The summed E-state index contributed by atoms with van der Waals surface area (Å²) in [5.41, 5.74) is 2.35. The van der Waals surface area contributed by atoms with Crippen LogP contribution in [-0.2, 0) is 12.8 Å². The summed E-state index contributed by atoms with van der Waals surface area (Å²) < 4.78 is 5.41. The Bertz CT molecular complexity index is 729. The normalized spacial score (nSPS) is 17.2. The number of benzene rings is 1. The number of hydrogen-bond acceptors (Lipinski definition) is 4. The van der Waals surface area contributed by atoms with Gasteiger partial charge in [-0.25, -0.2) is 9.78 Å². The van der Waals surface area contributed by atoms with Crippen LogP contribution in [0.25, 0.3) is 0 Å². The van der Waals surface area contributed by atoms with Gasteiger partial charge < -0.3 is 15.4 Å². The Labute approximate surface area is 146 Å². The fraction of sp³-hybridized carbons (Fsp3) is 0.444. The maximum Gasteiger partial charge on any atom is 0.315 e. The highest BCUT2D eigenvalue weighted by atomic mass is 32.1. The van der Waals surface area contributed by atoms with E-state index in [0.29, 0.717) is 0 Å². The Morgan fingerprint density at radius 2 is 2.33 bits per heavy atom. The van der Waals surface area contributed by atoms with E-state index in [9.17, 15) is 4.79 Å². The van der Waals surface area contributed by atoms with Crippen LogP contribution in [0.2, 0.25) is 0 Å². The first-order valence-corrected chi connectivity index (χ1v) is 9.11. The van der Waals surface area contributed by atoms with Crippen molar-refractivity contribution in [3.05, 3.63) is 45.4 Å². The van der Waals surface area contributed by atoms with Gasteiger partial charge >= 0.3 is 6.03 Å². The van der Waals surface area contributed by atoms with Crippen LogP contribution in [-0.4, -0.2) is 18.1 Å². The molecule has 24 heavy (non-hydrogen) atoms. The largest absolute Gasteiger partial charge is 0.496 e. The van der Waals surface area contributed by atoms with Gasteiger partial charge in [0.1, 0.15) is 10.8 Å². The van der Waals surface area contributed by atoms with Crippen LogP contribution in [0.5, 0.6) is 5.75 Å². The van der Waals surface area contributed by atoms with Gasteiger partial charge in [0.05, 0.1) is 19.2 Å². The van der Waals surface area contributed by atoms with Gasteiger partial charge in [0.15, 0.2) is 0 Å². The number of carbonyl (C=O) groups excluding carboxylic acids is 1. The van der Waals surface area contributed by atoms with E-state index in [4.69, 9.17) is 4.74 Å². The molecule has 0 saturated carbocycles. The number of hydrogen-bond donors (Lipinski definition) is 2. The molecule has 1 aromatic carbocycles. The lowest BCUT2D eigenvalue weighted by molar-refractivity contribution is 0.234. The standard InChI is InChI=1S/C18H23N3O2S/c1-4-12-10-19-17(24-12)11(2)20-18(22)21-15-9-8-14-13(15)6-5-7-16(14)23-3/h5-7,10-11,15H,4,8-9H2,1-3H3,(H2,20,21,22)/t11-,15-/m0/s1. The Hall–Kier alpha value is -2.08. The zero-order chi connectivity index (χ0) is 17.1. The molecule has 0 saturated heterocycles. The van der Waals surface area contributed by atoms with Crippen LogP contribution in [0.3, 0.4) is 0 Å². The summed E-state index contributed by atoms with van der Waals surface area (Å²) in [5.74, 6) is 0.903. The SMILES string of the molecule is CCc1cnc([C@H](C)NC(=O)N[C@H]2CCc3c(OC)cccc32)s1. The quantitative estimate of drug-likeness (QED) is 0.867. The van der Waals surface area contributed by atoms with E-state index in [0.717, 1.165) is 35.6 Å². The van der Waals surface area contributed by atoms with Crippen molar-refractivity contribution in [1.82, 2.24) is 15.6 Å². The van der Waals surface area contributed by atoms with Crippen molar-refractivity contribution in [2.24, 2.45) is 0 Å². The predicted octanol–water partition coefficient (Wildman–Crippen LogP) is 3.76. The van der Waals surface area contributed by atoms with E-state index < -0.39 is 0 Å². The molecule has 0 bridgehead atoms. The third-order valence-electron chi connectivity index (χ3n) is 4.39. The van der Waals surface area contributed by atoms with Gasteiger partial charge in [-0.1, -0.05) is 19.1 Å². The molecule has 0 radical (unpaired) electrons. The number of carbonyl (C=O) groups is 1. The van der Waals surface area contributed by atoms with E-state index in [2.05, 4.69) is 28.6 Å². The molecule has 2 atom stereocenters. The third kappa shape index (κ3) is 3.38. The highest BCUT2D eigenvalue weighted by Crippen LogP contribution is 2.36. The molecular weight excluding hydrogens is 322 g/mol. The van der Waals surface area contributed by atoms with Crippen LogP contribution in [0.4, 0.5) is 4.79 Å². The number of amides is 2. The van der Waals surface area contributed by atoms with E-state index in [1.54, 1.807) is 18.4 Å². The molecule has 0 unspecified atom stereocenters. The maximum absolute atomic E-state index is 12.3. The first-order chi connectivity index (χ1) is 11.6. The number of aromatic nitrogens is 1. The summed E-state index contributed by atoms with van der Waals surface area (Å²) >= 11 is 1.65. The molecule has 1 heterocycles. The molecule has 128 valence electrons. The van der Waals surface area contributed by atoms with Crippen LogP contribution < -0.4 is 15.4 Å². The van der Waals surface area contributed by atoms with Crippen LogP contribution in [0.15, 0.2) is 24.4 Å². The number of urea groups is 1. The average molecular weight is 345 g/mol. The molecule has 1 aliphatic carbocycles. The first-order valence-electron chi connectivity index (χ1n) is 8.29. The molecule has 2 aromatic rings. The number of nitrogens with one attached hydrogen (secondary N) is 2. The second-order valence-corrected chi connectivity index (χ2v) is 7.12.